The molecule has 0 radical (unpaired) electrons. The summed E-state index contributed by atoms with van der Waals surface area (Å²) in [7, 11) is 0. The zero-order chi connectivity index (χ0) is 22.7. The van der Waals surface area contributed by atoms with Crippen LogP contribution in [0.15, 0.2) is 24.3 Å². The Balaban J connectivity index is 3.22. The van der Waals surface area contributed by atoms with Crippen molar-refractivity contribution in [3.63, 3.8) is 0 Å². The molecule has 0 aliphatic heterocycles. The molecule has 31 heavy (non-hydrogen) atoms. The van der Waals surface area contributed by atoms with Crippen LogP contribution in [0.3, 0.4) is 0 Å². The van der Waals surface area contributed by atoms with E-state index in [9.17, 15) is 0 Å². The summed E-state index contributed by atoms with van der Waals surface area (Å²) < 4.78 is 11.6. The van der Waals surface area contributed by atoms with E-state index in [2.05, 4.69) is 45.1 Å². The predicted molar refractivity (Wildman–Crippen MR) is 139 cm³/mol. The smallest absolute Gasteiger partial charge is 0.0780 e. The van der Waals surface area contributed by atoms with Crippen LogP contribution in [-0.2, 0) is 9.47 Å². The highest BCUT2D eigenvalue weighted by molar-refractivity contribution is 4.92. The Morgan fingerprint density at radius 2 is 1.03 bits per heavy atom. The molecule has 184 valence electrons. The zero-order valence-corrected chi connectivity index (χ0v) is 21.6. The summed E-state index contributed by atoms with van der Waals surface area (Å²) in [6.07, 6.45) is 33.0. The maximum atomic E-state index is 5.88. The molecule has 0 amide bonds. The standard InChI is InChI=1S/C29H56O2/c1-4-6-8-10-12-13-14-15-16-17-18-19-20-21-23-25-27-31-29(3)28-30-26-24-22-11-9-7-5-2/h12-13,15-16,29H,4-11,14,17-28H2,1-3H3/b13-12-,16-15-/t29-/m0/s1. The van der Waals surface area contributed by atoms with Gasteiger partial charge in [-0.1, -0.05) is 109 Å². The molecular formula is C29H56O2. The molecule has 0 bridgehead atoms. The van der Waals surface area contributed by atoms with Crippen molar-refractivity contribution >= 4 is 0 Å². The van der Waals surface area contributed by atoms with E-state index in [0.29, 0.717) is 0 Å². The Labute approximate surface area is 196 Å². The molecule has 0 aliphatic rings. The Bertz CT molecular complexity index is 375. The highest BCUT2D eigenvalue weighted by Gasteiger charge is 2.02. The first-order valence-electron chi connectivity index (χ1n) is 13.8. The largest absolute Gasteiger partial charge is 0.379 e. The Hall–Kier alpha value is -0.600. The van der Waals surface area contributed by atoms with Gasteiger partial charge in [0.1, 0.15) is 0 Å². The highest BCUT2D eigenvalue weighted by Crippen LogP contribution is 2.09. The zero-order valence-electron chi connectivity index (χ0n) is 21.6. The lowest BCUT2D eigenvalue weighted by atomic mass is 10.1. The van der Waals surface area contributed by atoms with Crippen molar-refractivity contribution in [3.8, 4) is 0 Å². The second-order valence-corrected chi connectivity index (χ2v) is 9.11. The summed E-state index contributed by atoms with van der Waals surface area (Å²) in [4.78, 5) is 0. The summed E-state index contributed by atoms with van der Waals surface area (Å²) in [5.41, 5.74) is 0. The molecule has 0 aliphatic carbocycles. The van der Waals surface area contributed by atoms with Gasteiger partial charge in [0.15, 0.2) is 0 Å². The fourth-order valence-corrected chi connectivity index (χ4v) is 3.66. The van der Waals surface area contributed by atoms with E-state index in [0.717, 1.165) is 26.2 Å². The molecule has 2 heteroatoms. The number of rotatable bonds is 25. The van der Waals surface area contributed by atoms with E-state index in [1.807, 2.05) is 0 Å². The first-order chi connectivity index (χ1) is 15.3. The van der Waals surface area contributed by atoms with E-state index in [1.54, 1.807) is 0 Å². The van der Waals surface area contributed by atoms with E-state index in [4.69, 9.17) is 9.47 Å². The number of allylic oxidation sites excluding steroid dienone is 4. The van der Waals surface area contributed by atoms with Crippen molar-refractivity contribution in [2.75, 3.05) is 19.8 Å². The number of ether oxygens (including phenoxy) is 2. The van der Waals surface area contributed by atoms with Crippen molar-refractivity contribution in [3.05, 3.63) is 24.3 Å². The van der Waals surface area contributed by atoms with Crippen LogP contribution >= 0.6 is 0 Å². The Kier molecular flexibility index (Phi) is 26.9. The minimum absolute atomic E-state index is 0.234. The van der Waals surface area contributed by atoms with E-state index >= 15 is 0 Å². The summed E-state index contributed by atoms with van der Waals surface area (Å²) in [5, 5.41) is 0. The molecular weight excluding hydrogens is 380 g/mol. The van der Waals surface area contributed by atoms with Crippen LogP contribution in [0.4, 0.5) is 0 Å². The second-order valence-electron chi connectivity index (χ2n) is 9.11. The average Bonchev–Trinajstić information content (AvgIpc) is 2.77. The van der Waals surface area contributed by atoms with Crippen LogP contribution in [-0.4, -0.2) is 25.9 Å². The molecule has 0 rings (SSSR count). The van der Waals surface area contributed by atoms with Gasteiger partial charge < -0.3 is 9.47 Å². The molecule has 0 aromatic rings. The quantitative estimate of drug-likeness (QED) is 0.105. The predicted octanol–water partition coefficient (Wildman–Crippen LogP) is 9.58. The monoisotopic (exact) mass is 436 g/mol. The number of unbranched alkanes of at least 4 members (excludes halogenated alkanes) is 14. The van der Waals surface area contributed by atoms with Gasteiger partial charge in [0, 0.05) is 13.2 Å². The van der Waals surface area contributed by atoms with Crippen LogP contribution in [0.2, 0.25) is 0 Å². The highest BCUT2D eigenvalue weighted by atomic mass is 16.5. The fourth-order valence-electron chi connectivity index (χ4n) is 3.66. The topological polar surface area (TPSA) is 18.5 Å². The molecule has 0 fully saturated rings. The average molecular weight is 437 g/mol. The van der Waals surface area contributed by atoms with Crippen molar-refractivity contribution in [2.24, 2.45) is 0 Å². The van der Waals surface area contributed by atoms with E-state index in [-0.39, 0.29) is 6.10 Å². The number of hydrogen-bond donors (Lipinski definition) is 0. The first kappa shape index (κ1) is 30.4. The fraction of sp³-hybridized carbons (Fsp3) is 0.862. The number of hydrogen-bond acceptors (Lipinski definition) is 2. The lowest BCUT2D eigenvalue weighted by Crippen LogP contribution is -2.17. The van der Waals surface area contributed by atoms with Crippen molar-refractivity contribution in [2.45, 2.75) is 142 Å². The third-order valence-corrected chi connectivity index (χ3v) is 5.74. The molecule has 1 atom stereocenters. The van der Waals surface area contributed by atoms with Crippen molar-refractivity contribution < 1.29 is 9.47 Å². The molecule has 0 spiro atoms. The molecule has 0 aromatic heterocycles. The van der Waals surface area contributed by atoms with Gasteiger partial charge >= 0.3 is 0 Å². The van der Waals surface area contributed by atoms with Crippen LogP contribution in [0, 0.1) is 0 Å². The van der Waals surface area contributed by atoms with Crippen LogP contribution in [0.25, 0.3) is 0 Å². The van der Waals surface area contributed by atoms with Crippen LogP contribution in [0.1, 0.15) is 136 Å². The van der Waals surface area contributed by atoms with Gasteiger partial charge in [-0.3, -0.25) is 0 Å². The molecule has 0 aromatic carbocycles. The molecule has 2 nitrogen and oxygen atoms in total. The van der Waals surface area contributed by atoms with Crippen molar-refractivity contribution in [1.82, 2.24) is 0 Å². The summed E-state index contributed by atoms with van der Waals surface area (Å²) in [6, 6.07) is 0. The van der Waals surface area contributed by atoms with Gasteiger partial charge in [-0.15, -0.1) is 0 Å². The summed E-state index contributed by atoms with van der Waals surface area (Å²) in [6.45, 7) is 9.19. The molecule has 0 saturated heterocycles. The second kappa shape index (κ2) is 27.4. The van der Waals surface area contributed by atoms with Gasteiger partial charge in [0.05, 0.1) is 12.7 Å². The SMILES string of the molecule is CCCCC/C=C\C/C=C\CCCCCCCCO[C@@H](C)COCCCCCCCC. The van der Waals surface area contributed by atoms with Gasteiger partial charge in [-0.2, -0.15) is 0 Å². The maximum Gasteiger partial charge on any atom is 0.0780 e. The molecule has 0 unspecified atom stereocenters. The lowest BCUT2D eigenvalue weighted by molar-refractivity contribution is -0.00869. The van der Waals surface area contributed by atoms with E-state index < -0.39 is 0 Å². The first-order valence-corrected chi connectivity index (χ1v) is 13.8. The van der Waals surface area contributed by atoms with Crippen molar-refractivity contribution in [1.29, 1.82) is 0 Å². The van der Waals surface area contributed by atoms with E-state index in [1.165, 1.54) is 109 Å². The third kappa shape index (κ3) is 27.4. The van der Waals surface area contributed by atoms with Crippen LogP contribution in [0.5, 0.6) is 0 Å². The Morgan fingerprint density at radius 1 is 0.548 bits per heavy atom. The van der Waals surface area contributed by atoms with Crippen LogP contribution < -0.4 is 0 Å². The molecule has 0 heterocycles. The third-order valence-electron chi connectivity index (χ3n) is 5.74. The van der Waals surface area contributed by atoms with Gasteiger partial charge in [-0.25, -0.2) is 0 Å². The molecule has 0 N–H and O–H groups in total. The maximum absolute atomic E-state index is 5.88. The lowest BCUT2D eigenvalue weighted by Gasteiger charge is -2.13. The van der Waals surface area contributed by atoms with Gasteiger partial charge in [-0.05, 0) is 51.9 Å². The Morgan fingerprint density at radius 3 is 1.68 bits per heavy atom. The minimum atomic E-state index is 0.234. The molecule has 0 saturated carbocycles. The summed E-state index contributed by atoms with van der Waals surface area (Å²) >= 11 is 0. The normalized spacial score (nSPS) is 13.0. The minimum Gasteiger partial charge on any atom is -0.379 e. The van der Waals surface area contributed by atoms with Gasteiger partial charge in [0.25, 0.3) is 0 Å². The van der Waals surface area contributed by atoms with Gasteiger partial charge in [0.2, 0.25) is 0 Å². The summed E-state index contributed by atoms with van der Waals surface area (Å²) in [5.74, 6) is 0.